The molecule has 2 amide bonds. The maximum atomic E-state index is 13.4. The molecule has 0 saturated heterocycles. The van der Waals surface area contributed by atoms with Crippen LogP contribution in [0.1, 0.15) is 38.3 Å². The summed E-state index contributed by atoms with van der Waals surface area (Å²) < 4.78 is 26.1. The molecule has 2 aromatic rings. The Kier molecular flexibility index (Phi) is 9.31. The highest BCUT2D eigenvalue weighted by Crippen LogP contribution is 2.20. The molecule has 2 aromatic carbocycles. The van der Waals surface area contributed by atoms with Crippen LogP contribution in [0.5, 0.6) is 0 Å². The van der Waals surface area contributed by atoms with E-state index in [0.717, 1.165) is 28.1 Å². The summed E-state index contributed by atoms with van der Waals surface area (Å²) in [5.74, 6) is -0.782. The molecule has 9 heteroatoms. The van der Waals surface area contributed by atoms with Crippen LogP contribution in [0.4, 0.5) is 5.69 Å². The van der Waals surface area contributed by atoms with Gasteiger partial charge in [0.15, 0.2) is 0 Å². The Hall–Kier alpha value is -2.58. The molecule has 0 aliphatic carbocycles. The Morgan fingerprint density at radius 2 is 1.61 bits per heavy atom. The number of nitrogens with one attached hydrogen (secondary N) is 1. The number of carbonyl (C=O) groups is 2. The van der Waals surface area contributed by atoms with Crippen LogP contribution in [0.15, 0.2) is 48.5 Å². The van der Waals surface area contributed by atoms with Gasteiger partial charge in [0.05, 0.1) is 11.9 Å². The molecule has 2 rings (SSSR count). The Bertz CT molecular complexity index is 1060. The van der Waals surface area contributed by atoms with Crippen molar-refractivity contribution in [1.29, 1.82) is 0 Å². The molecule has 0 unspecified atom stereocenters. The summed E-state index contributed by atoms with van der Waals surface area (Å²) >= 11 is 5.98. The molecule has 0 radical (unpaired) electrons. The highest BCUT2D eigenvalue weighted by Gasteiger charge is 2.30. The maximum absolute atomic E-state index is 13.4. The van der Waals surface area contributed by atoms with E-state index in [1.54, 1.807) is 55.5 Å². The SMILES string of the molecule is CC[C@@H](C)NC(=O)[C@H](C)N(Cc1ccc(Cl)cc1)C(=O)CN(c1ccc(C)cc1)S(C)(=O)=O. The molecule has 0 spiro atoms. The van der Waals surface area contributed by atoms with Gasteiger partial charge in [0, 0.05) is 17.6 Å². The van der Waals surface area contributed by atoms with Gasteiger partial charge < -0.3 is 10.2 Å². The maximum Gasteiger partial charge on any atom is 0.244 e. The average molecular weight is 494 g/mol. The number of hydrogen-bond acceptors (Lipinski definition) is 4. The standard InChI is InChI=1S/C24H32ClN3O4S/c1-6-18(3)26-24(30)19(4)27(15-20-9-11-21(25)12-10-20)23(29)16-28(33(5,31)32)22-13-7-17(2)8-14-22/h7-14,18-19H,6,15-16H2,1-5H3,(H,26,30)/t18-,19+/m1/s1. The van der Waals surface area contributed by atoms with E-state index in [4.69, 9.17) is 11.6 Å². The van der Waals surface area contributed by atoms with E-state index in [0.29, 0.717) is 10.7 Å². The lowest BCUT2D eigenvalue weighted by molar-refractivity contribution is -0.139. The van der Waals surface area contributed by atoms with Crippen molar-refractivity contribution >= 4 is 39.1 Å². The van der Waals surface area contributed by atoms with Crippen molar-refractivity contribution < 1.29 is 18.0 Å². The van der Waals surface area contributed by atoms with Crippen molar-refractivity contribution in [2.45, 2.75) is 52.7 Å². The second-order valence-corrected chi connectivity index (χ2v) is 10.6. The predicted octanol–water partition coefficient (Wildman–Crippen LogP) is 3.75. The van der Waals surface area contributed by atoms with Crippen LogP contribution in [-0.2, 0) is 26.2 Å². The van der Waals surface area contributed by atoms with E-state index in [1.807, 2.05) is 20.8 Å². The summed E-state index contributed by atoms with van der Waals surface area (Å²) in [6.45, 7) is 7.09. The van der Waals surface area contributed by atoms with E-state index in [2.05, 4.69) is 5.32 Å². The summed E-state index contributed by atoms with van der Waals surface area (Å²) in [4.78, 5) is 27.7. The zero-order chi connectivity index (χ0) is 24.8. The Morgan fingerprint density at radius 1 is 1.03 bits per heavy atom. The van der Waals surface area contributed by atoms with E-state index in [-0.39, 0.29) is 18.5 Å². The molecule has 180 valence electrons. The van der Waals surface area contributed by atoms with Gasteiger partial charge in [-0.3, -0.25) is 13.9 Å². The molecular formula is C24H32ClN3O4S. The van der Waals surface area contributed by atoms with E-state index in [1.165, 1.54) is 4.90 Å². The second kappa shape index (κ2) is 11.5. The van der Waals surface area contributed by atoms with Crippen molar-refractivity contribution in [2.75, 3.05) is 17.1 Å². The van der Waals surface area contributed by atoms with Crippen molar-refractivity contribution in [3.05, 3.63) is 64.7 Å². The van der Waals surface area contributed by atoms with Gasteiger partial charge in [-0.15, -0.1) is 0 Å². The molecule has 0 aliphatic rings. The van der Waals surface area contributed by atoms with Crippen molar-refractivity contribution in [3.8, 4) is 0 Å². The Balaban J connectivity index is 2.36. The van der Waals surface area contributed by atoms with Gasteiger partial charge in [0.25, 0.3) is 0 Å². The smallest absolute Gasteiger partial charge is 0.244 e. The zero-order valence-electron chi connectivity index (χ0n) is 19.7. The molecule has 1 N–H and O–H groups in total. The van der Waals surface area contributed by atoms with Gasteiger partial charge in [-0.05, 0) is 57.0 Å². The minimum Gasteiger partial charge on any atom is -0.352 e. The number of anilines is 1. The van der Waals surface area contributed by atoms with Crippen LogP contribution in [0.25, 0.3) is 0 Å². The highest BCUT2D eigenvalue weighted by molar-refractivity contribution is 7.92. The second-order valence-electron chi connectivity index (χ2n) is 8.25. The number of carbonyl (C=O) groups excluding carboxylic acids is 2. The van der Waals surface area contributed by atoms with Crippen molar-refractivity contribution in [3.63, 3.8) is 0 Å². The molecule has 0 aromatic heterocycles. The molecule has 0 bridgehead atoms. The van der Waals surface area contributed by atoms with E-state index >= 15 is 0 Å². The summed E-state index contributed by atoms with van der Waals surface area (Å²) in [5, 5.41) is 3.45. The molecule has 0 saturated carbocycles. The lowest BCUT2D eigenvalue weighted by Crippen LogP contribution is -2.52. The zero-order valence-corrected chi connectivity index (χ0v) is 21.3. The monoisotopic (exact) mass is 493 g/mol. The first-order chi connectivity index (χ1) is 15.4. The Labute approximate surface area is 201 Å². The molecule has 2 atom stereocenters. The summed E-state index contributed by atoms with van der Waals surface area (Å²) in [6, 6.07) is 13.0. The number of nitrogens with zero attached hydrogens (tertiary/aromatic N) is 2. The van der Waals surface area contributed by atoms with Crippen molar-refractivity contribution in [2.24, 2.45) is 0 Å². The molecule has 33 heavy (non-hydrogen) atoms. The van der Waals surface area contributed by atoms with Gasteiger partial charge in [-0.2, -0.15) is 0 Å². The molecule has 7 nitrogen and oxygen atoms in total. The van der Waals surface area contributed by atoms with Crippen LogP contribution < -0.4 is 9.62 Å². The van der Waals surface area contributed by atoms with Crippen molar-refractivity contribution in [1.82, 2.24) is 10.2 Å². The number of benzene rings is 2. The predicted molar refractivity (Wildman–Crippen MR) is 133 cm³/mol. The number of halogens is 1. The number of hydrogen-bond donors (Lipinski definition) is 1. The van der Waals surface area contributed by atoms with Crippen LogP contribution in [-0.4, -0.2) is 50.0 Å². The lowest BCUT2D eigenvalue weighted by Gasteiger charge is -2.32. The van der Waals surface area contributed by atoms with Crippen LogP contribution >= 0.6 is 11.6 Å². The molecule has 0 fully saturated rings. The first kappa shape index (κ1) is 26.7. The third-order valence-electron chi connectivity index (χ3n) is 5.44. The number of aryl methyl sites for hydroxylation is 1. The van der Waals surface area contributed by atoms with Gasteiger partial charge in [-0.1, -0.05) is 48.4 Å². The fraction of sp³-hybridized carbons (Fsp3) is 0.417. The highest BCUT2D eigenvalue weighted by atomic mass is 35.5. The third kappa shape index (κ3) is 7.75. The molecule has 0 aliphatic heterocycles. The van der Waals surface area contributed by atoms with E-state index in [9.17, 15) is 18.0 Å². The van der Waals surface area contributed by atoms with Gasteiger partial charge >= 0.3 is 0 Å². The minimum atomic E-state index is -3.74. The molecule has 0 heterocycles. The Morgan fingerprint density at radius 3 is 2.12 bits per heavy atom. The number of rotatable bonds is 10. The van der Waals surface area contributed by atoms with Gasteiger partial charge in [-0.25, -0.2) is 8.42 Å². The molecular weight excluding hydrogens is 462 g/mol. The van der Waals surface area contributed by atoms with Gasteiger partial charge in [0.1, 0.15) is 12.6 Å². The number of amides is 2. The van der Waals surface area contributed by atoms with Crippen LogP contribution in [0.2, 0.25) is 5.02 Å². The van der Waals surface area contributed by atoms with Crippen LogP contribution in [0.3, 0.4) is 0 Å². The summed E-state index contributed by atoms with van der Waals surface area (Å²) in [5.41, 5.74) is 2.13. The quantitative estimate of drug-likeness (QED) is 0.546. The summed E-state index contributed by atoms with van der Waals surface area (Å²) in [6.07, 6.45) is 1.81. The average Bonchev–Trinajstić information content (AvgIpc) is 2.76. The topological polar surface area (TPSA) is 86.8 Å². The fourth-order valence-corrected chi connectivity index (χ4v) is 4.13. The number of sulfonamides is 1. The van der Waals surface area contributed by atoms with Gasteiger partial charge in [0.2, 0.25) is 21.8 Å². The lowest BCUT2D eigenvalue weighted by atomic mass is 10.1. The first-order valence-electron chi connectivity index (χ1n) is 10.8. The minimum absolute atomic E-state index is 0.0486. The first-order valence-corrected chi connectivity index (χ1v) is 13.0. The fourth-order valence-electron chi connectivity index (χ4n) is 3.16. The summed E-state index contributed by atoms with van der Waals surface area (Å²) in [7, 11) is -3.74. The van der Waals surface area contributed by atoms with E-state index < -0.39 is 28.5 Å². The van der Waals surface area contributed by atoms with Crippen LogP contribution in [0, 0.1) is 6.92 Å². The largest absolute Gasteiger partial charge is 0.352 e. The third-order valence-corrected chi connectivity index (χ3v) is 6.83. The normalized spacial score (nSPS) is 13.2.